The van der Waals surface area contributed by atoms with Crippen LogP contribution in [0.3, 0.4) is 0 Å². The molecule has 0 saturated carbocycles. The minimum Gasteiger partial charge on any atom is -0.390 e. The molecule has 2 unspecified atom stereocenters. The van der Waals surface area contributed by atoms with Gasteiger partial charge in [0.1, 0.15) is 0 Å². The smallest absolute Gasteiger partial charge is 0.0789 e. The van der Waals surface area contributed by atoms with E-state index in [1.54, 1.807) is 0 Å². The van der Waals surface area contributed by atoms with Crippen molar-refractivity contribution in [2.24, 2.45) is 11.7 Å². The van der Waals surface area contributed by atoms with E-state index in [4.69, 9.17) is 11.0 Å². The third-order valence-corrected chi connectivity index (χ3v) is 1.94. The lowest BCUT2D eigenvalue weighted by Crippen LogP contribution is -2.38. The van der Waals surface area contributed by atoms with Gasteiger partial charge in [0.25, 0.3) is 0 Å². The second-order valence-corrected chi connectivity index (χ2v) is 3.27. The van der Waals surface area contributed by atoms with Crippen LogP contribution in [0.25, 0.3) is 0 Å². The highest BCUT2D eigenvalue weighted by molar-refractivity contribution is 4.81. The van der Waals surface area contributed by atoms with Gasteiger partial charge in [0, 0.05) is 19.6 Å². The van der Waals surface area contributed by atoms with Crippen molar-refractivity contribution < 1.29 is 5.11 Å². The van der Waals surface area contributed by atoms with E-state index < -0.39 is 6.10 Å². The van der Waals surface area contributed by atoms with E-state index in [2.05, 4.69) is 6.07 Å². The Morgan fingerprint density at radius 2 is 2.15 bits per heavy atom. The Bertz CT molecular complexity index is 167. The first-order valence-corrected chi connectivity index (χ1v) is 4.64. The lowest BCUT2D eigenvalue weighted by atomic mass is 10.2. The normalized spacial score (nSPS) is 15.4. The summed E-state index contributed by atoms with van der Waals surface area (Å²) in [5, 5.41) is 17.9. The Kier molecular flexibility index (Phi) is 6.51. The lowest BCUT2D eigenvalue weighted by molar-refractivity contribution is 0.117. The fourth-order valence-electron chi connectivity index (χ4n) is 1.13. The van der Waals surface area contributed by atoms with Crippen LogP contribution in [-0.4, -0.2) is 42.3 Å². The van der Waals surface area contributed by atoms with Crippen LogP contribution < -0.4 is 5.73 Å². The van der Waals surface area contributed by atoms with E-state index >= 15 is 0 Å². The minimum atomic E-state index is -0.481. The molecule has 4 nitrogen and oxygen atoms in total. The Morgan fingerprint density at radius 3 is 2.54 bits per heavy atom. The van der Waals surface area contributed by atoms with Crippen molar-refractivity contribution in [1.82, 2.24) is 4.90 Å². The largest absolute Gasteiger partial charge is 0.390 e. The fraction of sp³-hybridized carbons (Fsp3) is 0.889. The Hall–Kier alpha value is -0.630. The van der Waals surface area contributed by atoms with Gasteiger partial charge in [-0.2, -0.15) is 5.26 Å². The van der Waals surface area contributed by atoms with Gasteiger partial charge in [-0.3, -0.25) is 4.90 Å². The molecule has 13 heavy (non-hydrogen) atoms. The first-order chi connectivity index (χ1) is 6.13. The Balaban J connectivity index is 3.83. The molecule has 0 aliphatic heterocycles. The van der Waals surface area contributed by atoms with Crippen molar-refractivity contribution in [3.05, 3.63) is 0 Å². The molecule has 0 rings (SSSR count). The molecular weight excluding hydrogens is 166 g/mol. The van der Waals surface area contributed by atoms with Crippen LogP contribution in [0.5, 0.6) is 0 Å². The molecular formula is C9H19N3O. The average Bonchev–Trinajstić information content (AvgIpc) is 2.16. The number of nitrogens with zero attached hydrogens (tertiary/aromatic N) is 2. The zero-order chi connectivity index (χ0) is 10.3. The first kappa shape index (κ1) is 12.4. The van der Waals surface area contributed by atoms with Crippen molar-refractivity contribution >= 4 is 0 Å². The molecule has 0 aromatic carbocycles. The highest BCUT2D eigenvalue weighted by atomic mass is 16.3. The van der Waals surface area contributed by atoms with Gasteiger partial charge in [-0.25, -0.2) is 0 Å². The lowest BCUT2D eigenvalue weighted by Gasteiger charge is -2.23. The van der Waals surface area contributed by atoms with Crippen molar-refractivity contribution in [1.29, 1.82) is 5.26 Å². The number of likely N-dealkylation sites (N-methyl/N-ethyl adjacent to an activating group) is 1. The van der Waals surface area contributed by atoms with Gasteiger partial charge >= 0.3 is 0 Å². The zero-order valence-corrected chi connectivity index (χ0v) is 8.40. The Labute approximate surface area is 79.9 Å². The molecule has 0 aliphatic rings. The summed E-state index contributed by atoms with van der Waals surface area (Å²) in [5.74, 6) is 0.00456. The maximum absolute atomic E-state index is 9.30. The summed E-state index contributed by atoms with van der Waals surface area (Å²) in [6, 6.07) is 2.17. The molecule has 0 amide bonds. The van der Waals surface area contributed by atoms with E-state index in [0.717, 1.165) is 6.54 Å². The van der Waals surface area contributed by atoms with Crippen LogP contribution in [0, 0.1) is 17.2 Å². The maximum Gasteiger partial charge on any atom is 0.0789 e. The average molecular weight is 185 g/mol. The number of aliphatic hydroxyl groups is 1. The van der Waals surface area contributed by atoms with E-state index in [9.17, 15) is 5.11 Å². The van der Waals surface area contributed by atoms with Gasteiger partial charge in [-0.05, 0) is 13.5 Å². The molecule has 2 atom stereocenters. The molecule has 0 spiro atoms. The second kappa shape index (κ2) is 6.84. The molecule has 0 bridgehead atoms. The van der Waals surface area contributed by atoms with Crippen LogP contribution >= 0.6 is 0 Å². The van der Waals surface area contributed by atoms with Crippen molar-refractivity contribution in [3.8, 4) is 6.07 Å². The molecule has 0 aliphatic carbocycles. The monoisotopic (exact) mass is 185 g/mol. The number of nitriles is 1. The standard InChI is InChI=1S/C9H19N3O/c1-3-12(6-8(2)4-10)7-9(13)5-11/h8-9,13H,3,5-7,11H2,1-2H3. The number of hydrogen-bond donors (Lipinski definition) is 2. The van der Waals surface area contributed by atoms with Crippen LogP contribution in [0.4, 0.5) is 0 Å². The number of aliphatic hydroxyl groups excluding tert-OH is 1. The predicted molar refractivity (Wildman–Crippen MR) is 52.0 cm³/mol. The van der Waals surface area contributed by atoms with Crippen LogP contribution in [0.15, 0.2) is 0 Å². The van der Waals surface area contributed by atoms with Crippen LogP contribution in [-0.2, 0) is 0 Å². The third kappa shape index (κ3) is 5.58. The molecule has 0 aromatic heterocycles. The van der Waals surface area contributed by atoms with E-state index in [1.165, 1.54) is 0 Å². The summed E-state index contributed by atoms with van der Waals surface area (Å²) in [6.07, 6.45) is -0.481. The molecule has 0 saturated heterocycles. The summed E-state index contributed by atoms with van der Waals surface area (Å²) >= 11 is 0. The van der Waals surface area contributed by atoms with E-state index in [0.29, 0.717) is 13.1 Å². The third-order valence-electron chi connectivity index (χ3n) is 1.94. The molecule has 0 fully saturated rings. The first-order valence-electron chi connectivity index (χ1n) is 4.64. The number of nitrogens with two attached hydrogens (primary N) is 1. The summed E-state index contributed by atoms with van der Waals surface area (Å²) in [4.78, 5) is 2.03. The van der Waals surface area contributed by atoms with Gasteiger partial charge in [-0.15, -0.1) is 0 Å². The van der Waals surface area contributed by atoms with Crippen molar-refractivity contribution in [2.45, 2.75) is 20.0 Å². The van der Waals surface area contributed by atoms with Gasteiger partial charge in [0.15, 0.2) is 0 Å². The predicted octanol–water partition coefficient (Wildman–Crippen LogP) is -0.212. The fourth-order valence-corrected chi connectivity index (χ4v) is 1.13. The van der Waals surface area contributed by atoms with E-state index in [-0.39, 0.29) is 12.5 Å². The summed E-state index contributed by atoms with van der Waals surface area (Å²) in [7, 11) is 0. The van der Waals surface area contributed by atoms with Gasteiger partial charge in [-0.1, -0.05) is 6.92 Å². The molecule has 0 heterocycles. The van der Waals surface area contributed by atoms with Crippen LogP contribution in [0.1, 0.15) is 13.8 Å². The highest BCUT2D eigenvalue weighted by Crippen LogP contribution is 1.99. The SMILES string of the molecule is CCN(CC(C)C#N)CC(O)CN. The number of rotatable bonds is 6. The minimum absolute atomic E-state index is 0.00456. The highest BCUT2D eigenvalue weighted by Gasteiger charge is 2.11. The second-order valence-electron chi connectivity index (χ2n) is 3.27. The summed E-state index contributed by atoms with van der Waals surface area (Å²) < 4.78 is 0. The summed E-state index contributed by atoms with van der Waals surface area (Å²) in [6.45, 7) is 6.24. The van der Waals surface area contributed by atoms with E-state index in [1.807, 2.05) is 18.7 Å². The molecule has 3 N–H and O–H groups in total. The molecule has 0 aromatic rings. The molecule has 76 valence electrons. The van der Waals surface area contributed by atoms with Gasteiger partial charge in [0.2, 0.25) is 0 Å². The topological polar surface area (TPSA) is 73.3 Å². The van der Waals surface area contributed by atoms with Crippen molar-refractivity contribution in [3.63, 3.8) is 0 Å². The van der Waals surface area contributed by atoms with Crippen LogP contribution in [0.2, 0.25) is 0 Å². The molecule has 4 heteroatoms. The van der Waals surface area contributed by atoms with Gasteiger partial charge in [0.05, 0.1) is 18.1 Å². The number of hydrogen-bond acceptors (Lipinski definition) is 4. The Morgan fingerprint density at radius 1 is 1.54 bits per heavy atom. The quantitative estimate of drug-likeness (QED) is 0.600. The summed E-state index contributed by atoms with van der Waals surface area (Å²) in [5.41, 5.74) is 5.30. The van der Waals surface area contributed by atoms with Crippen molar-refractivity contribution in [2.75, 3.05) is 26.2 Å². The zero-order valence-electron chi connectivity index (χ0n) is 8.40. The maximum atomic E-state index is 9.30. The molecule has 0 radical (unpaired) electrons. The van der Waals surface area contributed by atoms with Gasteiger partial charge < -0.3 is 10.8 Å².